The van der Waals surface area contributed by atoms with Crippen molar-refractivity contribution in [1.82, 2.24) is 0 Å². The highest BCUT2D eigenvalue weighted by Gasteiger charge is 2.17. The van der Waals surface area contributed by atoms with Crippen LogP contribution in [-0.4, -0.2) is 0 Å². The van der Waals surface area contributed by atoms with E-state index in [-0.39, 0.29) is 10.8 Å². The van der Waals surface area contributed by atoms with Gasteiger partial charge in [0.05, 0.1) is 4.83 Å². The van der Waals surface area contributed by atoms with E-state index in [1.54, 1.807) is 12.1 Å². The highest BCUT2D eigenvalue weighted by molar-refractivity contribution is 9.09. The van der Waals surface area contributed by atoms with E-state index in [1.165, 1.54) is 12.1 Å². The third-order valence-electron chi connectivity index (χ3n) is 2.48. The molecule has 18 heavy (non-hydrogen) atoms. The van der Waals surface area contributed by atoms with Crippen LogP contribution in [0.5, 0.6) is 0 Å². The Labute approximate surface area is 116 Å². The fourth-order valence-corrected chi connectivity index (χ4v) is 2.62. The summed E-state index contributed by atoms with van der Waals surface area (Å²) in [5, 5.41) is 0.111. The molecule has 0 heterocycles. The van der Waals surface area contributed by atoms with Crippen molar-refractivity contribution < 1.29 is 13.2 Å². The zero-order valence-electron chi connectivity index (χ0n) is 8.93. The van der Waals surface area contributed by atoms with E-state index in [4.69, 9.17) is 11.6 Å². The van der Waals surface area contributed by atoms with Crippen molar-refractivity contribution in [3.8, 4) is 0 Å². The van der Waals surface area contributed by atoms with Gasteiger partial charge in [-0.2, -0.15) is 0 Å². The van der Waals surface area contributed by atoms with Gasteiger partial charge in [0.15, 0.2) is 11.6 Å². The predicted molar refractivity (Wildman–Crippen MR) is 68.5 cm³/mol. The first kappa shape index (κ1) is 13.4. The fraction of sp³-hybridized carbons (Fsp3) is 0.0769. The van der Waals surface area contributed by atoms with E-state index >= 15 is 0 Å². The van der Waals surface area contributed by atoms with Crippen LogP contribution < -0.4 is 0 Å². The SMILES string of the molecule is Fc1ccc(C(Br)c2cc(F)c(F)cc2Cl)cc1. The normalized spacial score (nSPS) is 12.5. The molecule has 0 amide bonds. The van der Waals surface area contributed by atoms with Crippen LogP contribution in [0.2, 0.25) is 5.02 Å². The second-order valence-corrected chi connectivity index (χ2v) is 5.02. The Bertz CT molecular complexity index is 569. The number of rotatable bonds is 2. The molecular formula is C13H7BrClF3. The average molecular weight is 336 g/mol. The maximum Gasteiger partial charge on any atom is 0.160 e. The van der Waals surface area contributed by atoms with Gasteiger partial charge in [0.2, 0.25) is 0 Å². The molecular weight excluding hydrogens is 328 g/mol. The van der Waals surface area contributed by atoms with Crippen molar-refractivity contribution in [3.05, 3.63) is 70.0 Å². The lowest BCUT2D eigenvalue weighted by Crippen LogP contribution is -1.97. The van der Waals surface area contributed by atoms with E-state index < -0.39 is 16.5 Å². The summed E-state index contributed by atoms with van der Waals surface area (Å²) in [7, 11) is 0. The van der Waals surface area contributed by atoms with Crippen LogP contribution >= 0.6 is 27.5 Å². The third-order valence-corrected chi connectivity index (χ3v) is 3.82. The fourth-order valence-electron chi connectivity index (χ4n) is 1.54. The Balaban J connectivity index is 2.42. The Morgan fingerprint density at radius 3 is 2.11 bits per heavy atom. The van der Waals surface area contributed by atoms with E-state index in [0.29, 0.717) is 11.1 Å². The molecule has 0 fully saturated rings. The zero-order chi connectivity index (χ0) is 13.3. The Morgan fingerprint density at radius 1 is 0.944 bits per heavy atom. The summed E-state index contributed by atoms with van der Waals surface area (Å²) in [6, 6.07) is 7.62. The smallest absolute Gasteiger partial charge is 0.160 e. The van der Waals surface area contributed by atoms with Gasteiger partial charge < -0.3 is 0 Å². The van der Waals surface area contributed by atoms with Gasteiger partial charge >= 0.3 is 0 Å². The molecule has 0 aliphatic carbocycles. The summed E-state index contributed by atoms with van der Waals surface area (Å²) in [5.74, 6) is -2.33. The van der Waals surface area contributed by atoms with Crippen LogP contribution in [0, 0.1) is 17.5 Å². The number of halogens is 5. The summed E-state index contributed by atoms with van der Waals surface area (Å²) in [4.78, 5) is -0.430. The summed E-state index contributed by atoms with van der Waals surface area (Å²) >= 11 is 9.20. The average Bonchev–Trinajstić information content (AvgIpc) is 2.34. The first-order valence-electron chi connectivity index (χ1n) is 5.03. The molecule has 94 valence electrons. The van der Waals surface area contributed by atoms with Crippen molar-refractivity contribution in [1.29, 1.82) is 0 Å². The van der Waals surface area contributed by atoms with E-state index in [9.17, 15) is 13.2 Å². The lowest BCUT2D eigenvalue weighted by Gasteiger charge is -2.13. The number of benzene rings is 2. The maximum absolute atomic E-state index is 13.2. The van der Waals surface area contributed by atoms with Crippen LogP contribution in [0.4, 0.5) is 13.2 Å². The molecule has 0 radical (unpaired) electrons. The molecule has 2 aromatic rings. The Morgan fingerprint density at radius 2 is 1.50 bits per heavy atom. The molecule has 0 nitrogen and oxygen atoms in total. The Hall–Kier alpha value is -1.00. The van der Waals surface area contributed by atoms with Gasteiger partial charge in [-0.25, -0.2) is 13.2 Å². The number of hydrogen-bond acceptors (Lipinski definition) is 0. The van der Waals surface area contributed by atoms with Crippen molar-refractivity contribution in [2.24, 2.45) is 0 Å². The first-order valence-corrected chi connectivity index (χ1v) is 6.32. The molecule has 0 saturated carbocycles. The molecule has 0 aromatic heterocycles. The lowest BCUT2D eigenvalue weighted by atomic mass is 10.0. The van der Waals surface area contributed by atoms with E-state index in [0.717, 1.165) is 12.1 Å². The maximum atomic E-state index is 13.2. The molecule has 0 N–H and O–H groups in total. The van der Waals surface area contributed by atoms with Crippen molar-refractivity contribution in [2.45, 2.75) is 4.83 Å². The largest absolute Gasteiger partial charge is 0.207 e. The van der Waals surface area contributed by atoms with Gasteiger partial charge in [0.1, 0.15) is 5.82 Å². The van der Waals surface area contributed by atoms with Crippen LogP contribution in [0.1, 0.15) is 16.0 Å². The molecule has 0 aliphatic rings. The van der Waals surface area contributed by atoms with Gasteiger partial charge in [0.25, 0.3) is 0 Å². The van der Waals surface area contributed by atoms with Gasteiger partial charge in [0, 0.05) is 5.02 Å². The summed E-state index contributed by atoms with van der Waals surface area (Å²) < 4.78 is 38.9. The molecule has 1 atom stereocenters. The van der Waals surface area contributed by atoms with Gasteiger partial charge in [-0.15, -0.1) is 0 Å². The highest BCUT2D eigenvalue weighted by atomic mass is 79.9. The summed E-state index contributed by atoms with van der Waals surface area (Å²) in [6.07, 6.45) is 0. The van der Waals surface area contributed by atoms with Crippen LogP contribution in [-0.2, 0) is 0 Å². The zero-order valence-corrected chi connectivity index (χ0v) is 11.3. The quantitative estimate of drug-likeness (QED) is 0.520. The molecule has 0 saturated heterocycles. The monoisotopic (exact) mass is 334 g/mol. The summed E-state index contributed by atoms with van der Waals surface area (Å²) in [5.41, 5.74) is 1.09. The van der Waals surface area contributed by atoms with Crippen molar-refractivity contribution >= 4 is 27.5 Å². The lowest BCUT2D eigenvalue weighted by molar-refractivity contribution is 0.507. The molecule has 0 aliphatic heterocycles. The van der Waals surface area contributed by atoms with Crippen LogP contribution in [0.15, 0.2) is 36.4 Å². The first-order chi connectivity index (χ1) is 8.49. The molecule has 5 heteroatoms. The van der Waals surface area contributed by atoms with Gasteiger partial charge in [-0.1, -0.05) is 39.7 Å². The highest BCUT2D eigenvalue weighted by Crippen LogP contribution is 2.36. The number of alkyl halides is 1. The van der Waals surface area contributed by atoms with E-state index in [2.05, 4.69) is 15.9 Å². The standard InChI is InChI=1S/C13H7BrClF3/c14-13(7-1-3-8(16)4-2-7)9-5-11(17)12(18)6-10(9)15/h1-6,13H. The molecule has 2 rings (SSSR count). The topological polar surface area (TPSA) is 0 Å². The third kappa shape index (κ3) is 2.70. The predicted octanol–water partition coefficient (Wildman–Crippen LogP) is 5.24. The van der Waals surface area contributed by atoms with Crippen molar-refractivity contribution in [3.63, 3.8) is 0 Å². The molecule has 0 bridgehead atoms. The van der Waals surface area contributed by atoms with Gasteiger partial charge in [-0.3, -0.25) is 0 Å². The van der Waals surface area contributed by atoms with Gasteiger partial charge in [-0.05, 0) is 35.4 Å². The van der Waals surface area contributed by atoms with E-state index in [1.807, 2.05) is 0 Å². The Kier molecular flexibility index (Phi) is 3.97. The number of hydrogen-bond donors (Lipinski definition) is 0. The molecule has 1 unspecified atom stereocenters. The van der Waals surface area contributed by atoms with Crippen LogP contribution in [0.3, 0.4) is 0 Å². The van der Waals surface area contributed by atoms with Crippen LogP contribution in [0.25, 0.3) is 0 Å². The second kappa shape index (κ2) is 5.33. The second-order valence-electron chi connectivity index (χ2n) is 3.70. The summed E-state index contributed by atoms with van der Waals surface area (Å²) in [6.45, 7) is 0. The van der Waals surface area contributed by atoms with Crippen molar-refractivity contribution in [2.75, 3.05) is 0 Å². The molecule has 2 aromatic carbocycles. The minimum absolute atomic E-state index is 0.111. The minimum Gasteiger partial charge on any atom is -0.207 e. The molecule has 0 spiro atoms. The minimum atomic E-state index is -0.998.